The average Bonchev–Trinajstić information content (AvgIpc) is 2.98. The molecule has 2 aromatic rings. The van der Waals surface area contributed by atoms with Crippen LogP contribution in [0.1, 0.15) is 18.4 Å². The van der Waals surface area contributed by atoms with Crippen molar-refractivity contribution in [2.24, 2.45) is 0 Å². The van der Waals surface area contributed by atoms with Gasteiger partial charge in [0.25, 0.3) is 0 Å². The Labute approximate surface area is 146 Å². The highest BCUT2D eigenvalue weighted by Gasteiger charge is 2.20. The first-order chi connectivity index (χ1) is 11.6. The molecule has 1 aliphatic rings. The quantitative estimate of drug-likeness (QED) is 0.660. The maximum absolute atomic E-state index is 12.2. The zero-order valence-corrected chi connectivity index (χ0v) is 15.0. The molecule has 1 aromatic heterocycles. The average molecular weight is 348 g/mol. The van der Waals surface area contributed by atoms with Crippen molar-refractivity contribution in [3.8, 4) is 5.75 Å². The Balaban J connectivity index is 1.73. The van der Waals surface area contributed by atoms with Crippen LogP contribution < -0.4 is 4.74 Å². The molecule has 1 aliphatic heterocycles. The van der Waals surface area contributed by atoms with Crippen LogP contribution in [0.15, 0.2) is 24.4 Å². The molecule has 6 heteroatoms. The lowest BCUT2D eigenvalue weighted by Gasteiger charge is -2.21. The number of thioether (sulfide) groups is 1. The van der Waals surface area contributed by atoms with E-state index < -0.39 is 6.16 Å². The van der Waals surface area contributed by atoms with Crippen LogP contribution in [0.3, 0.4) is 0 Å². The molecule has 0 saturated carbocycles. The number of aromatic nitrogens is 1. The first-order valence-corrected chi connectivity index (χ1v) is 9.49. The van der Waals surface area contributed by atoms with E-state index in [0.717, 1.165) is 53.8 Å². The third kappa shape index (κ3) is 4.24. The molecule has 2 heterocycles. The minimum Gasteiger partial charge on any atom is -0.431 e. The number of carbonyl (C=O) groups is 1. The topological polar surface area (TPSA) is 54.6 Å². The SMILES string of the molecule is CN(C)CCc1c[nH]c2cccc(OC(=O)OC3CCSCC3)c12. The Morgan fingerprint density at radius 1 is 1.33 bits per heavy atom. The summed E-state index contributed by atoms with van der Waals surface area (Å²) in [6.07, 6.45) is 4.08. The largest absolute Gasteiger partial charge is 0.514 e. The maximum Gasteiger partial charge on any atom is 0.514 e. The Morgan fingerprint density at radius 3 is 2.88 bits per heavy atom. The van der Waals surface area contributed by atoms with Crippen molar-refractivity contribution >= 4 is 28.8 Å². The summed E-state index contributed by atoms with van der Waals surface area (Å²) in [5.41, 5.74) is 2.12. The van der Waals surface area contributed by atoms with Crippen molar-refractivity contribution in [1.82, 2.24) is 9.88 Å². The van der Waals surface area contributed by atoms with Crippen LogP contribution in [-0.4, -0.2) is 54.3 Å². The number of fused-ring (bicyclic) bond motifs is 1. The number of aromatic amines is 1. The molecule has 1 N–H and O–H groups in total. The van der Waals surface area contributed by atoms with Crippen molar-refractivity contribution in [2.75, 3.05) is 32.1 Å². The summed E-state index contributed by atoms with van der Waals surface area (Å²) in [4.78, 5) is 17.5. The Hall–Kier alpha value is -1.66. The van der Waals surface area contributed by atoms with Gasteiger partial charge in [-0.05, 0) is 62.6 Å². The van der Waals surface area contributed by atoms with Crippen LogP contribution in [0.2, 0.25) is 0 Å². The standard InChI is InChI=1S/C18H24N2O3S/c1-20(2)9-6-13-12-19-15-4-3-5-16(17(13)15)23-18(21)22-14-7-10-24-11-8-14/h3-5,12,14,19H,6-11H2,1-2H3. The van der Waals surface area contributed by atoms with Gasteiger partial charge in [-0.3, -0.25) is 0 Å². The van der Waals surface area contributed by atoms with E-state index >= 15 is 0 Å². The van der Waals surface area contributed by atoms with E-state index in [1.54, 1.807) is 0 Å². The van der Waals surface area contributed by atoms with Crippen molar-refractivity contribution in [3.05, 3.63) is 30.0 Å². The molecule has 0 unspecified atom stereocenters. The highest BCUT2D eigenvalue weighted by Crippen LogP contribution is 2.30. The van der Waals surface area contributed by atoms with Gasteiger partial charge in [0.1, 0.15) is 11.9 Å². The third-order valence-corrected chi connectivity index (χ3v) is 5.25. The lowest BCUT2D eigenvalue weighted by Crippen LogP contribution is -2.24. The van der Waals surface area contributed by atoms with Gasteiger partial charge in [0.05, 0.1) is 0 Å². The normalized spacial score (nSPS) is 15.8. The smallest absolute Gasteiger partial charge is 0.431 e. The summed E-state index contributed by atoms with van der Waals surface area (Å²) < 4.78 is 11.0. The lowest BCUT2D eigenvalue weighted by molar-refractivity contribution is 0.0552. The maximum atomic E-state index is 12.2. The Bertz CT molecular complexity index is 693. The minimum atomic E-state index is -0.598. The zero-order chi connectivity index (χ0) is 16.9. The van der Waals surface area contributed by atoms with Crippen LogP contribution in [-0.2, 0) is 11.2 Å². The summed E-state index contributed by atoms with van der Waals surface area (Å²) in [7, 11) is 4.10. The first-order valence-electron chi connectivity index (χ1n) is 8.33. The van der Waals surface area contributed by atoms with Gasteiger partial charge >= 0.3 is 6.16 Å². The highest BCUT2D eigenvalue weighted by atomic mass is 32.2. The van der Waals surface area contributed by atoms with Crippen LogP contribution in [0.4, 0.5) is 4.79 Å². The number of H-pyrrole nitrogens is 1. The van der Waals surface area contributed by atoms with Gasteiger partial charge in [-0.15, -0.1) is 0 Å². The van der Waals surface area contributed by atoms with E-state index in [9.17, 15) is 4.79 Å². The minimum absolute atomic E-state index is 0.0163. The second-order valence-electron chi connectivity index (χ2n) is 6.33. The fourth-order valence-electron chi connectivity index (χ4n) is 2.89. The van der Waals surface area contributed by atoms with Gasteiger partial charge in [0.15, 0.2) is 0 Å². The van der Waals surface area contributed by atoms with Crippen molar-refractivity contribution in [3.63, 3.8) is 0 Å². The number of hydrogen-bond acceptors (Lipinski definition) is 5. The predicted molar refractivity (Wildman–Crippen MR) is 98.0 cm³/mol. The Kier molecular flexibility index (Phi) is 5.68. The first kappa shape index (κ1) is 17.2. The van der Waals surface area contributed by atoms with Crippen LogP contribution in [0.5, 0.6) is 5.75 Å². The number of ether oxygens (including phenoxy) is 2. The second-order valence-corrected chi connectivity index (χ2v) is 7.55. The molecule has 24 heavy (non-hydrogen) atoms. The number of nitrogens with zero attached hydrogens (tertiary/aromatic N) is 1. The van der Waals surface area contributed by atoms with E-state index in [1.807, 2.05) is 50.3 Å². The summed E-state index contributed by atoms with van der Waals surface area (Å²) in [5.74, 6) is 2.65. The molecule has 130 valence electrons. The van der Waals surface area contributed by atoms with Gasteiger partial charge in [-0.1, -0.05) is 6.07 Å². The van der Waals surface area contributed by atoms with Gasteiger partial charge in [0, 0.05) is 23.6 Å². The van der Waals surface area contributed by atoms with Crippen LogP contribution >= 0.6 is 11.8 Å². The molecule has 0 bridgehead atoms. The van der Waals surface area contributed by atoms with Crippen molar-refractivity contribution < 1.29 is 14.3 Å². The molecule has 1 saturated heterocycles. The molecule has 1 aromatic carbocycles. The molecule has 0 atom stereocenters. The molecule has 0 aliphatic carbocycles. The van der Waals surface area contributed by atoms with Gasteiger partial charge in [0.2, 0.25) is 0 Å². The van der Waals surface area contributed by atoms with Crippen molar-refractivity contribution in [2.45, 2.75) is 25.4 Å². The summed E-state index contributed by atoms with van der Waals surface area (Å²) >= 11 is 1.90. The third-order valence-electron chi connectivity index (χ3n) is 4.20. The molecule has 1 fully saturated rings. The number of rotatable bonds is 5. The molecule has 0 radical (unpaired) electrons. The molecule has 0 spiro atoms. The summed E-state index contributed by atoms with van der Waals surface area (Å²) in [5, 5.41) is 0.968. The second kappa shape index (κ2) is 7.94. The fraction of sp³-hybridized carbons (Fsp3) is 0.500. The monoisotopic (exact) mass is 348 g/mol. The Morgan fingerprint density at radius 2 is 2.12 bits per heavy atom. The molecule has 5 nitrogen and oxygen atoms in total. The molecule has 0 amide bonds. The number of benzene rings is 1. The highest BCUT2D eigenvalue weighted by molar-refractivity contribution is 7.99. The predicted octanol–water partition coefficient (Wildman–Crippen LogP) is 3.68. The number of nitrogens with one attached hydrogen (secondary N) is 1. The van der Waals surface area contributed by atoms with Crippen LogP contribution in [0, 0.1) is 0 Å². The van der Waals surface area contributed by atoms with Gasteiger partial charge in [-0.25, -0.2) is 4.79 Å². The summed E-state index contributed by atoms with van der Waals surface area (Å²) in [6.45, 7) is 0.936. The van der Waals surface area contributed by atoms with E-state index in [1.165, 1.54) is 0 Å². The molecular weight excluding hydrogens is 324 g/mol. The van der Waals surface area contributed by atoms with E-state index in [4.69, 9.17) is 9.47 Å². The van der Waals surface area contributed by atoms with E-state index in [-0.39, 0.29) is 6.10 Å². The van der Waals surface area contributed by atoms with Gasteiger partial charge in [-0.2, -0.15) is 11.8 Å². The van der Waals surface area contributed by atoms with E-state index in [0.29, 0.717) is 5.75 Å². The van der Waals surface area contributed by atoms with Crippen LogP contribution in [0.25, 0.3) is 10.9 Å². The van der Waals surface area contributed by atoms with Gasteiger partial charge < -0.3 is 19.4 Å². The zero-order valence-electron chi connectivity index (χ0n) is 14.2. The number of likely N-dealkylation sites (N-methyl/N-ethyl adjacent to an activating group) is 1. The molecule has 3 rings (SSSR count). The van der Waals surface area contributed by atoms with Crippen molar-refractivity contribution in [1.29, 1.82) is 0 Å². The lowest BCUT2D eigenvalue weighted by atomic mass is 10.1. The number of hydrogen-bond donors (Lipinski definition) is 1. The van der Waals surface area contributed by atoms with E-state index in [2.05, 4.69) is 9.88 Å². The number of carbonyl (C=O) groups excluding carboxylic acids is 1. The fourth-order valence-corrected chi connectivity index (χ4v) is 3.95. The summed E-state index contributed by atoms with van der Waals surface area (Å²) in [6, 6.07) is 5.70. The molecular formula is C18H24N2O3S.